The molecule has 2 N–H and O–H groups in total. The van der Waals surface area contributed by atoms with Gasteiger partial charge in [-0.2, -0.15) is 0 Å². The number of aliphatic hydroxyl groups is 2. The number of rotatable bonds is 3. The van der Waals surface area contributed by atoms with E-state index in [-0.39, 0.29) is 6.10 Å². The van der Waals surface area contributed by atoms with E-state index >= 15 is 0 Å². The smallest absolute Gasteiger partial charge is 0.134 e. The Morgan fingerprint density at radius 1 is 1.28 bits per heavy atom. The second-order valence-corrected chi connectivity index (χ2v) is 5.16. The fourth-order valence-electron chi connectivity index (χ4n) is 2.59. The van der Waals surface area contributed by atoms with Crippen molar-refractivity contribution in [3.05, 3.63) is 23.9 Å². The van der Waals surface area contributed by atoms with Crippen molar-refractivity contribution < 1.29 is 10.2 Å². The third-order valence-corrected chi connectivity index (χ3v) is 3.79. The van der Waals surface area contributed by atoms with Crippen molar-refractivity contribution in [3.63, 3.8) is 0 Å². The Bertz CT molecular complexity index is 385. The number of hydrogen-bond acceptors (Lipinski definition) is 4. The van der Waals surface area contributed by atoms with Crippen LogP contribution in [-0.2, 0) is 0 Å². The Hall–Kier alpha value is -1.13. The lowest BCUT2D eigenvalue weighted by Gasteiger charge is -2.35. The summed E-state index contributed by atoms with van der Waals surface area (Å²) in [5.74, 6) is 1.27. The first-order chi connectivity index (χ1) is 8.59. The minimum Gasteiger partial charge on any atom is -0.393 e. The molecule has 0 amide bonds. The first-order valence-electron chi connectivity index (χ1n) is 6.65. The maximum atomic E-state index is 9.77. The summed E-state index contributed by atoms with van der Waals surface area (Å²) in [4.78, 5) is 6.61. The third kappa shape index (κ3) is 2.82. The molecule has 0 bridgehead atoms. The average molecular weight is 250 g/mol. The van der Waals surface area contributed by atoms with Gasteiger partial charge in [-0.15, -0.1) is 0 Å². The highest BCUT2D eigenvalue weighted by atomic mass is 16.3. The van der Waals surface area contributed by atoms with Gasteiger partial charge in [0, 0.05) is 24.8 Å². The molecule has 4 nitrogen and oxygen atoms in total. The molecular formula is C14H22N2O2. The van der Waals surface area contributed by atoms with Crippen LogP contribution in [0, 0.1) is 5.92 Å². The van der Waals surface area contributed by atoms with Crippen LogP contribution in [0.2, 0.25) is 0 Å². The van der Waals surface area contributed by atoms with Gasteiger partial charge in [-0.05, 0) is 38.7 Å². The first-order valence-corrected chi connectivity index (χ1v) is 6.65. The molecule has 4 heteroatoms. The number of hydrogen-bond donors (Lipinski definition) is 2. The highest BCUT2D eigenvalue weighted by Gasteiger charge is 2.25. The van der Waals surface area contributed by atoms with Crippen molar-refractivity contribution in [2.75, 3.05) is 18.0 Å². The highest BCUT2D eigenvalue weighted by molar-refractivity contribution is 5.48. The Kier molecular flexibility index (Phi) is 4.19. The summed E-state index contributed by atoms with van der Waals surface area (Å²) in [6, 6.07) is 3.78. The van der Waals surface area contributed by atoms with E-state index < -0.39 is 6.10 Å². The van der Waals surface area contributed by atoms with Crippen molar-refractivity contribution >= 4 is 5.82 Å². The van der Waals surface area contributed by atoms with Crippen molar-refractivity contribution in [1.82, 2.24) is 4.98 Å². The van der Waals surface area contributed by atoms with Gasteiger partial charge >= 0.3 is 0 Å². The van der Waals surface area contributed by atoms with E-state index in [1.807, 2.05) is 19.1 Å². The minimum atomic E-state index is -0.497. The maximum absolute atomic E-state index is 9.77. The fraction of sp³-hybridized carbons (Fsp3) is 0.643. The lowest BCUT2D eigenvalue weighted by Crippen LogP contribution is -2.38. The van der Waals surface area contributed by atoms with E-state index in [4.69, 9.17) is 0 Å². The molecule has 1 aliphatic heterocycles. The molecule has 0 aromatic carbocycles. The van der Waals surface area contributed by atoms with Crippen LogP contribution in [0.5, 0.6) is 0 Å². The molecule has 2 rings (SSSR count). The monoisotopic (exact) mass is 250 g/mol. The van der Waals surface area contributed by atoms with Gasteiger partial charge in [0.1, 0.15) is 5.82 Å². The Labute approximate surface area is 108 Å². The maximum Gasteiger partial charge on any atom is 0.134 e. The fourth-order valence-corrected chi connectivity index (χ4v) is 2.59. The second-order valence-electron chi connectivity index (χ2n) is 5.16. The molecule has 0 radical (unpaired) electrons. The largest absolute Gasteiger partial charge is 0.393 e. The predicted octanol–water partition coefficient (Wildman–Crippen LogP) is 1.73. The average Bonchev–Trinajstić information content (AvgIpc) is 2.39. The van der Waals surface area contributed by atoms with Crippen molar-refractivity contribution in [3.8, 4) is 0 Å². The van der Waals surface area contributed by atoms with Crippen molar-refractivity contribution in [2.24, 2.45) is 5.92 Å². The number of anilines is 1. The zero-order chi connectivity index (χ0) is 13.1. The highest BCUT2D eigenvalue weighted by Crippen LogP contribution is 2.28. The van der Waals surface area contributed by atoms with Crippen LogP contribution in [0.25, 0.3) is 0 Å². The number of pyridine rings is 1. The Balaban J connectivity index is 2.10. The summed E-state index contributed by atoms with van der Waals surface area (Å²) in [5.41, 5.74) is 0.882. The lowest BCUT2D eigenvalue weighted by atomic mass is 9.92. The Morgan fingerprint density at radius 2 is 1.94 bits per heavy atom. The van der Waals surface area contributed by atoms with Gasteiger partial charge in [0.2, 0.25) is 0 Å². The zero-order valence-electron chi connectivity index (χ0n) is 11.1. The van der Waals surface area contributed by atoms with Gasteiger partial charge < -0.3 is 15.1 Å². The molecular weight excluding hydrogens is 228 g/mol. The molecule has 18 heavy (non-hydrogen) atoms. The van der Waals surface area contributed by atoms with E-state index in [9.17, 15) is 10.2 Å². The quantitative estimate of drug-likeness (QED) is 0.858. The van der Waals surface area contributed by atoms with E-state index in [2.05, 4.69) is 9.88 Å². The van der Waals surface area contributed by atoms with Crippen LogP contribution in [0.1, 0.15) is 38.4 Å². The first kappa shape index (κ1) is 13.3. The lowest BCUT2D eigenvalue weighted by molar-refractivity contribution is 0.109. The molecule has 1 aromatic rings. The summed E-state index contributed by atoms with van der Waals surface area (Å²) >= 11 is 0. The molecule has 1 fully saturated rings. The Morgan fingerprint density at radius 3 is 2.50 bits per heavy atom. The summed E-state index contributed by atoms with van der Waals surface area (Å²) in [6.45, 7) is 5.42. The third-order valence-electron chi connectivity index (χ3n) is 3.79. The number of piperidine rings is 1. The molecule has 100 valence electrons. The topological polar surface area (TPSA) is 56.6 Å². The molecule has 0 saturated carbocycles. The summed E-state index contributed by atoms with van der Waals surface area (Å²) < 4.78 is 0. The molecule has 2 atom stereocenters. The van der Waals surface area contributed by atoms with Crippen LogP contribution in [0.4, 0.5) is 5.82 Å². The van der Waals surface area contributed by atoms with E-state index in [1.54, 1.807) is 13.1 Å². The van der Waals surface area contributed by atoms with Gasteiger partial charge in [-0.25, -0.2) is 4.98 Å². The van der Waals surface area contributed by atoms with Gasteiger partial charge in [-0.3, -0.25) is 0 Å². The molecule has 0 spiro atoms. The zero-order valence-corrected chi connectivity index (χ0v) is 11.1. The molecule has 1 saturated heterocycles. The van der Waals surface area contributed by atoms with Crippen LogP contribution in [-0.4, -0.2) is 34.4 Å². The van der Waals surface area contributed by atoms with E-state index in [1.165, 1.54) is 0 Å². The van der Waals surface area contributed by atoms with Crippen LogP contribution in [0.3, 0.4) is 0 Å². The molecule has 1 aromatic heterocycles. The van der Waals surface area contributed by atoms with Crippen LogP contribution < -0.4 is 4.90 Å². The second kappa shape index (κ2) is 5.67. The van der Waals surface area contributed by atoms with Gasteiger partial charge in [0.15, 0.2) is 0 Å². The normalized spacial score (nSPS) is 20.8. The molecule has 1 unspecified atom stereocenters. The number of nitrogens with zero attached hydrogens (tertiary/aromatic N) is 2. The van der Waals surface area contributed by atoms with Crippen molar-refractivity contribution in [2.45, 2.75) is 38.9 Å². The van der Waals surface area contributed by atoms with E-state index in [0.29, 0.717) is 5.92 Å². The van der Waals surface area contributed by atoms with Crippen molar-refractivity contribution in [1.29, 1.82) is 0 Å². The molecule has 1 aliphatic rings. The van der Waals surface area contributed by atoms with Crippen LogP contribution in [0.15, 0.2) is 18.3 Å². The minimum absolute atomic E-state index is 0.230. The van der Waals surface area contributed by atoms with Gasteiger partial charge in [0.05, 0.1) is 12.2 Å². The number of aromatic nitrogens is 1. The summed E-state index contributed by atoms with van der Waals surface area (Å²) in [7, 11) is 0. The number of aliphatic hydroxyl groups excluding tert-OH is 2. The van der Waals surface area contributed by atoms with E-state index in [0.717, 1.165) is 37.3 Å². The predicted molar refractivity (Wildman–Crippen MR) is 71.5 cm³/mol. The van der Waals surface area contributed by atoms with Gasteiger partial charge in [0.25, 0.3) is 0 Å². The standard InChI is InChI=1S/C14H22N2O2/c1-10(17)12-5-8-16(9-6-12)14-13(11(2)18)4-3-7-15-14/h3-4,7,10-12,17-18H,5-6,8-9H2,1-2H3/t10?,11-/m1/s1. The van der Waals surface area contributed by atoms with Crippen LogP contribution >= 0.6 is 0 Å². The molecule has 0 aliphatic carbocycles. The summed E-state index contributed by atoms with van der Waals surface area (Å²) in [6.07, 6.45) is 3.00. The SMILES string of the molecule is CC(O)C1CCN(c2ncccc2[C@@H](C)O)CC1. The molecule has 2 heterocycles. The summed E-state index contributed by atoms with van der Waals surface area (Å²) in [5, 5.41) is 19.4. The van der Waals surface area contributed by atoms with Gasteiger partial charge in [-0.1, -0.05) is 6.07 Å².